The molecule has 0 bridgehead atoms. The van der Waals surface area contributed by atoms with E-state index in [1.165, 1.54) is 12.1 Å². The predicted octanol–water partition coefficient (Wildman–Crippen LogP) is 4.63. The average Bonchev–Trinajstić information content (AvgIpc) is 2.38. The fourth-order valence-corrected chi connectivity index (χ4v) is 2.79. The Bertz CT molecular complexity index is 405. The number of halogens is 4. The van der Waals surface area contributed by atoms with Crippen molar-refractivity contribution in [2.24, 2.45) is 0 Å². The van der Waals surface area contributed by atoms with Gasteiger partial charge in [0.05, 0.1) is 12.2 Å². The zero-order valence-corrected chi connectivity index (χ0v) is 12.3. The summed E-state index contributed by atoms with van der Waals surface area (Å²) in [6, 6.07) is 5.95. The molecule has 1 aliphatic rings. The zero-order valence-electron chi connectivity index (χ0n) is 10.1. The molecule has 1 heterocycles. The molecule has 1 saturated heterocycles. The van der Waals surface area contributed by atoms with Crippen molar-refractivity contribution < 1.29 is 22.6 Å². The highest BCUT2D eigenvalue weighted by atomic mass is 127. The smallest absolute Gasteiger partial charge is 0.406 e. The first-order chi connectivity index (χ1) is 8.98. The maximum absolute atomic E-state index is 12.0. The molecule has 2 atom stereocenters. The van der Waals surface area contributed by atoms with Gasteiger partial charge < -0.3 is 9.47 Å². The number of alkyl halides is 4. The highest BCUT2D eigenvalue weighted by molar-refractivity contribution is 14.1. The Morgan fingerprint density at radius 2 is 1.89 bits per heavy atom. The third-order valence-electron chi connectivity index (χ3n) is 3.01. The molecule has 2 nitrogen and oxygen atoms in total. The van der Waals surface area contributed by atoms with Crippen LogP contribution in [0.25, 0.3) is 0 Å². The third kappa shape index (κ3) is 4.52. The lowest BCUT2D eigenvalue weighted by atomic mass is 9.99. The van der Waals surface area contributed by atoms with Crippen molar-refractivity contribution in [2.45, 2.75) is 37.8 Å². The standard InChI is InChI=1S/C13H14F3IO2/c14-13(15,16)19-10-6-4-9(5-7-10)12-3-1-2-11(8-17)18-12/h4-7,11-12H,1-3,8H2/t11-,12+/m1/s1. The number of hydrogen-bond donors (Lipinski definition) is 0. The molecule has 0 saturated carbocycles. The first-order valence-corrected chi connectivity index (χ1v) is 7.57. The fraction of sp³-hybridized carbons (Fsp3) is 0.538. The molecule has 6 heteroatoms. The van der Waals surface area contributed by atoms with Crippen LogP contribution in [0.15, 0.2) is 24.3 Å². The maximum Gasteiger partial charge on any atom is 0.573 e. The molecule has 1 fully saturated rings. The third-order valence-corrected chi connectivity index (χ3v) is 3.99. The molecule has 2 rings (SSSR count). The van der Waals surface area contributed by atoms with E-state index < -0.39 is 6.36 Å². The van der Waals surface area contributed by atoms with Crippen LogP contribution in [0.2, 0.25) is 0 Å². The number of benzene rings is 1. The minimum absolute atomic E-state index is 0.0200. The van der Waals surface area contributed by atoms with Crippen molar-refractivity contribution in [3.63, 3.8) is 0 Å². The summed E-state index contributed by atoms with van der Waals surface area (Å²) < 4.78 is 46.8. The highest BCUT2D eigenvalue weighted by Gasteiger charge is 2.31. The second-order valence-corrected chi connectivity index (χ2v) is 5.33. The average molecular weight is 386 g/mol. The van der Waals surface area contributed by atoms with Crippen molar-refractivity contribution in [3.05, 3.63) is 29.8 Å². The Labute approximate surface area is 123 Å². The van der Waals surface area contributed by atoms with E-state index in [-0.39, 0.29) is 18.0 Å². The summed E-state index contributed by atoms with van der Waals surface area (Å²) in [4.78, 5) is 0. The van der Waals surface area contributed by atoms with Crippen molar-refractivity contribution >= 4 is 22.6 Å². The molecule has 1 aromatic carbocycles. The molecular formula is C13H14F3IO2. The summed E-state index contributed by atoms with van der Waals surface area (Å²) >= 11 is 2.29. The van der Waals surface area contributed by atoms with E-state index in [1.54, 1.807) is 12.1 Å². The van der Waals surface area contributed by atoms with Crippen LogP contribution in [0.3, 0.4) is 0 Å². The minimum Gasteiger partial charge on any atom is -0.406 e. The van der Waals surface area contributed by atoms with E-state index in [2.05, 4.69) is 27.3 Å². The number of hydrogen-bond acceptors (Lipinski definition) is 2. The van der Waals surface area contributed by atoms with Crippen LogP contribution in [-0.4, -0.2) is 16.9 Å². The van der Waals surface area contributed by atoms with Crippen molar-refractivity contribution in [1.29, 1.82) is 0 Å². The van der Waals surface area contributed by atoms with Crippen molar-refractivity contribution in [1.82, 2.24) is 0 Å². The van der Waals surface area contributed by atoms with Gasteiger partial charge in [-0.15, -0.1) is 13.2 Å². The summed E-state index contributed by atoms with van der Waals surface area (Å²) in [5.41, 5.74) is 0.907. The highest BCUT2D eigenvalue weighted by Crippen LogP contribution is 2.33. The lowest BCUT2D eigenvalue weighted by Crippen LogP contribution is -2.23. The normalized spacial score (nSPS) is 24.2. The Morgan fingerprint density at radius 1 is 1.21 bits per heavy atom. The Balaban J connectivity index is 2.01. The molecule has 1 aromatic rings. The van der Waals surface area contributed by atoms with Gasteiger partial charge in [-0.1, -0.05) is 34.7 Å². The Morgan fingerprint density at radius 3 is 2.47 bits per heavy atom. The van der Waals surface area contributed by atoms with Crippen LogP contribution in [0.5, 0.6) is 5.75 Å². The Kier molecular flexibility index (Phi) is 4.94. The van der Waals surface area contributed by atoms with Crippen LogP contribution in [-0.2, 0) is 4.74 Å². The van der Waals surface area contributed by atoms with Crippen LogP contribution < -0.4 is 4.74 Å². The summed E-state index contributed by atoms with van der Waals surface area (Å²) in [6.45, 7) is 0. The molecule has 0 radical (unpaired) electrons. The molecule has 19 heavy (non-hydrogen) atoms. The van der Waals surface area contributed by atoms with Gasteiger partial charge >= 0.3 is 6.36 Å². The number of rotatable bonds is 3. The monoisotopic (exact) mass is 386 g/mol. The molecular weight excluding hydrogens is 372 g/mol. The van der Waals surface area contributed by atoms with E-state index >= 15 is 0 Å². The summed E-state index contributed by atoms with van der Waals surface area (Å²) in [7, 11) is 0. The zero-order chi connectivity index (χ0) is 13.9. The largest absolute Gasteiger partial charge is 0.573 e. The molecule has 0 aromatic heterocycles. The van der Waals surface area contributed by atoms with E-state index in [0.29, 0.717) is 0 Å². The molecule has 0 N–H and O–H groups in total. The fourth-order valence-electron chi connectivity index (χ4n) is 2.14. The van der Waals surface area contributed by atoms with Crippen LogP contribution >= 0.6 is 22.6 Å². The Hall–Kier alpha value is -0.500. The molecule has 0 spiro atoms. The summed E-state index contributed by atoms with van der Waals surface area (Å²) in [5.74, 6) is -0.197. The van der Waals surface area contributed by atoms with E-state index in [0.717, 1.165) is 29.3 Å². The number of ether oxygens (including phenoxy) is 2. The molecule has 0 amide bonds. The van der Waals surface area contributed by atoms with Gasteiger partial charge in [-0.05, 0) is 37.0 Å². The second kappa shape index (κ2) is 6.30. The van der Waals surface area contributed by atoms with Gasteiger partial charge in [-0.3, -0.25) is 0 Å². The molecule has 1 aliphatic heterocycles. The molecule has 0 unspecified atom stereocenters. The lowest BCUT2D eigenvalue weighted by Gasteiger charge is -2.29. The molecule has 0 aliphatic carbocycles. The first kappa shape index (κ1) is 14.9. The van der Waals surface area contributed by atoms with E-state index in [4.69, 9.17) is 4.74 Å². The van der Waals surface area contributed by atoms with Gasteiger partial charge in [0.1, 0.15) is 5.75 Å². The lowest BCUT2D eigenvalue weighted by molar-refractivity contribution is -0.274. The summed E-state index contributed by atoms with van der Waals surface area (Å²) in [5, 5.41) is 0. The SMILES string of the molecule is FC(F)(F)Oc1ccc([C@@H]2CCC[C@H](CI)O2)cc1. The van der Waals surface area contributed by atoms with Gasteiger partial charge in [0.25, 0.3) is 0 Å². The second-order valence-electron chi connectivity index (χ2n) is 4.45. The van der Waals surface area contributed by atoms with Gasteiger partial charge in [-0.25, -0.2) is 0 Å². The van der Waals surface area contributed by atoms with Crippen LogP contribution in [0.4, 0.5) is 13.2 Å². The maximum atomic E-state index is 12.0. The van der Waals surface area contributed by atoms with Crippen molar-refractivity contribution in [2.75, 3.05) is 4.43 Å². The quantitative estimate of drug-likeness (QED) is 0.557. The topological polar surface area (TPSA) is 18.5 Å². The summed E-state index contributed by atoms with van der Waals surface area (Å²) in [6.07, 6.45) is -1.38. The minimum atomic E-state index is -4.64. The van der Waals surface area contributed by atoms with Gasteiger partial charge in [0, 0.05) is 4.43 Å². The predicted molar refractivity (Wildman–Crippen MR) is 73.5 cm³/mol. The van der Waals surface area contributed by atoms with Gasteiger partial charge in [0.2, 0.25) is 0 Å². The van der Waals surface area contributed by atoms with E-state index in [9.17, 15) is 13.2 Å². The van der Waals surface area contributed by atoms with Crippen LogP contribution in [0.1, 0.15) is 30.9 Å². The van der Waals surface area contributed by atoms with Crippen LogP contribution in [0, 0.1) is 0 Å². The molecule has 106 valence electrons. The van der Waals surface area contributed by atoms with Gasteiger partial charge in [0.15, 0.2) is 0 Å². The van der Waals surface area contributed by atoms with Gasteiger partial charge in [-0.2, -0.15) is 0 Å². The first-order valence-electron chi connectivity index (χ1n) is 6.05. The van der Waals surface area contributed by atoms with Crippen molar-refractivity contribution in [3.8, 4) is 5.75 Å². The van der Waals surface area contributed by atoms with E-state index in [1.807, 2.05) is 0 Å².